The Kier molecular flexibility index (Phi) is 3.67. The lowest BCUT2D eigenvalue weighted by atomic mass is 9.85. The minimum atomic E-state index is -0.635. The maximum Gasteiger partial charge on any atom is 0.146 e. The summed E-state index contributed by atoms with van der Waals surface area (Å²) in [5, 5.41) is 9.69. The summed E-state index contributed by atoms with van der Waals surface area (Å²) >= 11 is 0. The summed E-state index contributed by atoms with van der Waals surface area (Å²) in [7, 11) is 1.91. The number of aliphatic hydroxyl groups excluding tert-OH is 1. The number of rotatable bonds is 4. The molecule has 94 valence electrons. The average Bonchev–Trinajstić information content (AvgIpc) is 2.22. The predicted octanol–water partition coefficient (Wildman–Crippen LogP) is 3.12. The Hall–Kier alpha value is -1.09. The first-order valence-corrected chi connectivity index (χ1v) is 6.27. The summed E-state index contributed by atoms with van der Waals surface area (Å²) < 4.78 is 13.9. The fourth-order valence-corrected chi connectivity index (χ4v) is 2.43. The zero-order valence-electron chi connectivity index (χ0n) is 10.5. The topological polar surface area (TPSA) is 23.5 Å². The lowest BCUT2D eigenvalue weighted by Crippen LogP contribution is -2.30. The van der Waals surface area contributed by atoms with Crippen molar-refractivity contribution in [2.45, 2.75) is 32.3 Å². The molecule has 3 heteroatoms. The fourth-order valence-electron chi connectivity index (χ4n) is 2.43. The predicted molar refractivity (Wildman–Crippen MR) is 67.6 cm³/mol. The molecule has 1 aromatic carbocycles. The quantitative estimate of drug-likeness (QED) is 0.869. The van der Waals surface area contributed by atoms with Crippen molar-refractivity contribution < 1.29 is 9.50 Å². The maximum absolute atomic E-state index is 13.9. The second-order valence-corrected chi connectivity index (χ2v) is 5.03. The average molecular weight is 237 g/mol. The van der Waals surface area contributed by atoms with Crippen molar-refractivity contribution in [3.63, 3.8) is 0 Å². The number of hydrogen-bond donors (Lipinski definition) is 1. The van der Waals surface area contributed by atoms with Crippen LogP contribution in [-0.4, -0.2) is 18.7 Å². The highest BCUT2D eigenvalue weighted by Crippen LogP contribution is 2.32. The molecule has 17 heavy (non-hydrogen) atoms. The first-order chi connectivity index (χ1) is 8.09. The first-order valence-electron chi connectivity index (χ1n) is 6.27. The lowest BCUT2D eigenvalue weighted by Gasteiger charge is -2.32. The SMILES string of the molecule is CC(O)c1cccc(F)c1N(C)CC1CCC1. The lowest BCUT2D eigenvalue weighted by molar-refractivity contribution is 0.199. The van der Waals surface area contributed by atoms with Gasteiger partial charge in [-0.05, 0) is 31.7 Å². The molecule has 0 saturated heterocycles. The van der Waals surface area contributed by atoms with Gasteiger partial charge in [-0.15, -0.1) is 0 Å². The molecule has 0 amide bonds. The van der Waals surface area contributed by atoms with Crippen molar-refractivity contribution in [2.24, 2.45) is 5.92 Å². The Bertz CT molecular complexity index is 388. The van der Waals surface area contributed by atoms with E-state index in [0.29, 0.717) is 17.2 Å². The second-order valence-electron chi connectivity index (χ2n) is 5.03. The molecule has 1 N–H and O–H groups in total. The summed E-state index contributed by atoms with van der Waals surface area (Å²) in [4.78, 5) is 1.95. The van der Waals surface area contributed by atoms with E-state index in [9.17, 15) is 9.50 Å². The van der Waals surface area contributed by atoms with Crippen LogP contribution in [0.15, 0.2) is 18.2 Å². The number of halogens is 1. The van der Waals surface area contributed by atoms with Crippen molar-refractivity contribution in [2.75, 3.05) is 18.5 Å². The molecule has 1 saturated carbocycles. The van der Waals surface area contributed by atoms with Crippen LogP contribution in [0.1, 0.15) is 37.9 Å². The van der Waals surface area contributed by atoms with Gasteiger partial charge in [-0.25, -0.2) is 4.39 Å². The van der Waals surface area contributed by atoms with Crippen molar-refractivity contribution in [3.8, 4) is 0 Å². The van der Waals surface area contributed by atoms with E-state index < -0.39 is 6.10 Å². The smallest absolute Gasteiger partial charge is 0.146 e. The van der Waals surface area contributed by atoms with E-state index in [1.165, 1.54) is 25.3 Å². The standard InChI is InChI=1S/C14H20FNO/c1-10(17)12-7-4-8-13(15)14(12)16(2)9-11-5-3-6-11/h4,7-8,10-11,17H,3,5-6,9H2,1-2H3. The summed E-state index contributed by atoms with van der Waals surface area (Å²) in [6.07, 6.45) is 3.13. The Morgan fingerprint density at radius 2 is 2.18 bits per heavy atom. The number of aliphatic hydroxyl groups is 1. The van der Waals surface area contributed by atoms with Gasteiger partial charge in [0, 0.05) is 19.2 Å². The van der Waals surface area contributed by atoms with Crippen molar-refractivity contribution >= 4 is 5.69 Å². The molecule has 2 rings (SSSR count). The van der Waals surface area contributed by atoms with Gasteiger partial charge >= 0.3 is 0 Å². The summed E-state index contributed by atoms with van der Waals surface area (Å²) in [5.41, 5.74) is 1.22. The Labute approximate surface area is 102 Å². The molecule has 2 nitrogen and oxygen atoms in total. The van der Waals surface area contributed by atoms with Gasteiger partial charge in [0.1, 0.15) is 5.82 Å². The third kappa shape index (κ3) is 2.60. The first kappa shape index (κ1) is 12.4. The van der Waals surface area contributed by atoms with Crippen LogP contribution in [0.2, 0.25) is 0 Å². The second kappa shape index (κ2) is 5.05. The van der Waals surface area contributed by atoms with Crippen LogP contribution < -0.4 is 4.90 Å². The van der Waals surface area contributed by atoms with E-state index in [-0.39, 0.29) is 5.82 Å². The third-order valence-electron chi connectivity index (χ3n) is 3.61. The van der Waals surface area contributed by atoms with Crippen LogP contribution in [0.3, 0.4) is 0 Å². The molecule has 0 aromatic heterocycles. The van der Waals surface area contributed by atoms with E-state index in [1.54, 1.807) is 19.1 Å². The van der Waals surface area contributed by atoms with Crippen LogP contribution in [0, 0.1) is 11.7 Å². The number of para-hydroxylation sites is 1. The van der Waals surface area contributed by atoms with Crippen LogP contribution in [0.25, 0.3) is 0 Å². The Morgan fingerprint density at radius 1 is 1.47 bits per heavy atom. The number of nitrogens with zero attached hydrogens (tertiary/aromatic N) is 1. The normalized spacial score (nSPS) is 17.6. The zero-order chi connectivity index (χ0) is 12.4. The largest absolute Gasteiger partial charge is 0.389 e. The van der Waals surface area contributed by atoms with Crippen molar-refractivity contribution in [1.82, 2.24) is 0 Å². The molecule has 1 aromatic rings. The zero-order valence-corrected chi connectivity index (χ0v) is 10.5. The molecule has 1 fully saturated rings. The summed E-state index contributed by atoms with van der Waals surface area (Å²) in [6.45, 7) is 2.55. The molecule has 1 aliphatic rings. The molecule has 0 aliphatic heterocycles. The minimum Gasteiger partial charge on any atom is -0.389 e. The van der Waals surface area contributed by atoms with Crippen molar-refractivity contribution in [1.29, 1.82) is 0 Å². The number of anilines is 1. The van der Waals surface area contributed by atoms with Gasteiger partial charge in [0.15, 0.2) is 0 Å². The molecular formula is C14H20FNO. The Morgan fingerprint density at radius 3 is 2.71 bits per heavy atom. The Balaban J connectivity index is 2.22. The summed E-state index contributed by atoms with van der Waals surface area (Å²) in [6, 6.07) is 4.90. The molecule has 0 spiro atoms. The van der Waals surface area contributed by atoms with E-state index in [2.05, 4.69) is 0 Å². The van der Waals surface area contributed by atoms with Crippen LogP contribution in [0.4, 0.5) is 10.1 Å². The highest BCUT2D eigenvalue weighted by Gasteiger charge is 2.22. The maximum atomic E-state index is 13.9. The third-order valence-corrected chi connectivity index (χ3v) is 3.61. The molecule has 0 bridgehead atoms. The van der Waals surface area contributed by atoms with Gasteiger partial charge in [-0.1, -0.05) is 18.6 Å². The monoisotopic (exact) mass is 237 g/mol. The van der Waals surface area contributed by atoms with E-state index in [0.717, 1.165) is 6.54 Å². The number of benzene rings is 1. The van der Waals surface area contributed by atoms with E-state index in [4.69, 9.17) is 0 Å². The van der Waals surface area contributed by atoms with Crippen LogP contribution in [-0.2, 0) is 0 Å². The molecular weight excluding hydrogens is 217 g/mol. The van der Waals surface area contributed by atoms with E-state index >= 15 is 0 Å². The minimum absolute atomic E-state index is 0.245. The number of hydrogen-bond acceptors (Lipinski definition) is 2. The molecule has 1 atom stereocenters. The molecule has 0 heterocycles. The highest BCUT2D eigenvalue weighted by atomic mass is 19.1. The van der Waals surface area contributed by atoms with Gasteiger partial charge in [0.25, 0.3) is 0 Å². The fraction of sp³-hybridized carbons (Fsp3) is 0.571. The van der Waals surface area contributed by atoms with Gasteiger partial charge in [-0.2, -0.15) is 0 Å². The van der Waals surface area contributed by atoms with E-state index in [1.807, 2.05) is 11.9 Å². The van der Waals surface area contributed by atoms with Crippen molar-refractivity contribution in [3.05, 3.63) is 29.6 Å². The van der Waals surface area contributed by atoms with Crippen LogP contribution in [0.5, 0.6) is 0 Å². The highest BCUT2D eigenvalue weighted by molar-refractivity contribution is 5.55. The van der Waals surface area contributed by atoms with Gasteiger partial charge in [0.2, 0.25) is 0 Å². The van der Waals surface area contributed by atoms with Crippen LogP contribution >= 0.6 is 0 Å². The molecule has 1 unspecified atom stereocenters. The summed E-state index contributed by atoms with van der Waals surface area (Å²) in [5.74, 6) is 0.437. The van der Waals surface area contributed by atoms with Gasteiger partial charge in [-0.3, -0.25) is 0 Å². The molecule has 1 aliphatic carbocycles. The molecule has 0 radical (unpaired) electrons. The van der Waals surface area contributed by atoms with Gasteiger partial charge in [0.05, 0.1) is 11.8 Å². The van der Waals surface area contributed by atoms with Gasteiger partial charge < -0.3 is 10.0 Å².